The van der Waals surface area contributed by atoms with Crippen molar-refractivity contribution in [3.8, 4) is 0 Å². The molecule has 1 saturated heterocycles. The first kappa shape index (κ1) is 11.3. The topological polar surface area (TPSA) is 92.1 Å². The number of sulfone groups is 1. The first-order valence-corrected chi connectivity index (χ1v) is 6.18. The maximum Gasteiger partial charge on any atom is 0.153 e. The Morgan fingerprint density at radius 1 is 1.43 bits per heavy atom. The Balaban J connectivity index is 2.50. The third kappa shape index (κ3) is 3.17. The Hall–Kier alpha value is -0.780. The second-order valence-corrected chi connectivity index (χ2v) is 5.53. The monoisotopic (exact) mass is 219 g/mol. The summed E-state index contributed by atoms with van der Waals surface area (Å²) in [5.41, 5.74) is 8.02. The van der Waals surface area contributed by atoms with E-state index in [-0.39, 0.29) is 17.5 Å². The molecule has 0 aliphatic carbocycles. The van der Waals surface area contributed by atoms with E-state index in [0.29, 0.717) is 26.1 Å². The maximum atomic E-state index is 11.6. The van der Waals surface area contributed by atoms with Gasteiger partial charge in [-0.05, 0) is 18.4 Å². The first-order chi connectivity index (χ1) is 6.67. The van der Waals surface area contributed by atoms with Gasteiger partial charge in [0.2, 0.25) is 0 Å². The third-order valence-electron chi connectivity index (χ3n) is 2.22. The van der Waals surface area contributed by atoms with Gasteiger partial charge >= 0.3 is 0 Å². The molecule has 1 aliphatic rings. The van der Waals surface area contributed by atoms with Crippen LogP contribution in [-0.2, 0) is 14.6 Å². The lowest BCUT2D eigenvalue weighted by Crippen LogP contribution is -2.31. The highest BCUT2D eigenvalue weighted by Crippen LogP contribution is 2.16. The quantitative estimate of drug-likeness (QED) is 0.399. The second-order valence-electron chi connectivity index (χ2n) is 3.13. The highest BCUT2D eigenvalue weighted by Gasteiger charge is 2.26. The number of azide groups is 1. The van der Waals surface area contributed by atoms with Gasteiger partial charge in [0.05, 0.1) is 11.0 Å². The van der Waals surface area contributed by atoms with Gasteiger partial charge < -0.3 is 4.74 Å². The Kier molecular flexibility index (Phi) is 4.19. The van der Waals surface area contributed by atoms with E-state index in [9.17, 15) is 8.42 Å². The fraction of sp³-hybridized carbons (Fsp3) is 1.00. The number of hydrogen-bond acceptors (Lipinski definition) is 4. The molecular weight excluding hydrogens is 206 g/mol. The molecule has 6 nitrogen and oxygen atoms in total. The van der Waals surface area contributed by atoms with Gasteiger partial charge in [-0.25, -0.2) is 8.42 Å². The summed E-state index contributed by atoms with van der Waals surface area (Å²) in [5.74, 6) is -0.0538. The minimum absolute atomic E-state index is 0.0240. The molecule has 1 rings (SSSR count). The van der Waals surface area contributed by atoms with Crippen LogP contribution in [0.1, 0.15) is 12.8 Å². The summed E-state index contributed by atoms with van der Waals surface area (Å²) in [5, 5.41) is 2.91. The smallest absolute Gasteiger partial charge is 0.153 e. The normalized spacial score (nSPS) is 18.9. The van der Waals surface area contributed by atoms with E-state index in [2.05, 4.69) is 10.0 Å². The van der Waals surface area contributed by atoms with Gasteiger partial charge in [0.1, 0.15) is 0 Å². The van der Waals surface area contributed by atoms with E-state index in [4.69, 9.17) is 10.3 Å². The van der Waals surface area contributed by atoms with Crippen LogP contribution in [0.3, 0.4) is 0 Å². The molecule has 80 valence electrons. The maximum absolute atomic E-state index is 11.6. The van der Waals surface area contributed by atoms with Crippen LogP contribution in [0.25, 0.3) is 10.4 Å². The van der Waals surface area contributed by atoms with Crippen LogP contribution in [0.5, 0.6) is 0 Å². The molecule has 0 unspecified atom stereocenters. The second kappa shape index (κ2) is 5.19. The van der Waals surface area contributed by atoms with E-state index in [1.165, 1.54) is 0 Å². The van der Waals surface area contributed by atoms with Gasteiger partial charge in [0.15, 0.2) is 9.84 Å². The van der Waals surface area contributed by atoms with Crippen LogP contribution in [0.15, 0.2) is 5.11 Å². The minimum Gasteiger partial charge on any atom is -0.381 e. The largest absolute Gasteiger partial charge is 0.381 e. The summed E-state index contributed by atoms with van der Waals surface area (Å²) in [6.45, 7) is 1.03. The molecule has 0 saturated carbocycles. The van der Waals surface area contributed by atoms with E-state index < -0.39 is 9.84 Å². The molecule has 14 heavy (non-hydrogen) atoms. The zero-order valence-electron chi connectivity index (χ0n) is 7.79. The Labute approximate surface area is 82.8 Å². The van der Waals surface area contributed by atoms with Crippen molar-refractivity contribution in [3.63, 3.8) is 0 Å². The first-order valence-electron chi connectivity index (χ1n) is 4.47. The summed E-state index contributed by atoms with van der Waals surface area (Å²) in [7, 11) is -3.10. The van der Waals surface area contributed by atoms with E-state index >= 15 is 0 Å². The summed E-state index contributed by atoms with van der Waals surface area (Å²) in [6, 6.07) is 0. The van der Waals surface area contributed by atoms with Crippen molar-refractivity contribution in [2.24, 2.45) is 5.11 Å². The fourth-order valence-electron chi connectivity index (χ4n) is 1.41. The highest BCUT2D eigenvalue weighted by molar-refractivity contribution is 7.92. The molecule has 0 atom stereocenters. The molecule has 1 aliphatic heterocycles. The SMILES string of the molecule is [N-]=[N+]=NCCS(=O)(=O)C1CCOCC1. The van der Waals surface area contributed by atoms with Crippen LogP contribution in [-0.4, -0.2) is 39.2 Å². The van der Waals surface area contributed by atoms with Crippen LogP contribution in [0.4, 0.5) is 0 Å². The van der Waals surface area contributed by atoms with Gasteiger partial charge in [-0.3, -0.25) is 0 Å². The summed E-state index contributed by atoms with van der Waals surface area (Å²) < 4.78 is 28.3. The third-order valence-corrected chi connectivity index (χ3v) is 4.45. The van der Waals surface area contributed by atoms with Crippen LogP contribution in [0, 0.1) is 0 Å². The average Bonchev–Trinajstić information content (AvgIpc) is 2.19. The molecule has 1 fully saturated rings. The lowest BCUT2D eigenvalue weighted by Gasteiger charge is -2.21. The molecule has 0 amide bonds. The van der Waals surface area contributed by atoms with Crippen molar-refractivity contribution < 1.29 is 13.2 Å². The molecule has 7 heteroatoms. The van der Waals surface area contributed by atoms with Crippen molar-refractivity contribution in [2.75, 3.05) is 25.5 Å². The molecule has 0 aromatic carbocycles. The lowest BCUT2D eigenvalue weighted by molar-refractivity contribution is 0.0984. The number of rotatable bonds is 4. The Bertz CT molecular complexity index is 315. The van der Waals surface area contributed by atoms with E-state index in [1.807, 2.05) is 0 Å². The predicted octanol–water partition coefficient (Wildman–Crippen LogP) is 0.890. The number of hydrogen-bond donors (Lipinski definition) is 0. The van der Waals surface area contributed by atoms with E-state index in [0.717, 1.165) is 0 Å². The van der Waals surface area contributed by atoms with Gasteiger partial charge in [0.25, 0.3) is 0 Å². The van der Waals surface area contributed by atoms with Gasteiger partial charge in [-0.1, -0.05) is 5.11 Å². The van der Waals surface area contributed by atoms with Crippen molar-refractivity contribution in [1.82, 2.24) is 0 Å². The molecule has 0 spiro atoms. The molecule has 0 aromatic rings. The van der Waals surface area contributed by atoms with Crippen LogP contribution < -0.4 is 0 Å². The van der Waals surface area contributed by atoms with Crippen LogP contribution in [0.2, 0.25) is 0 Å². The minimum atomic E-state index is -3.10. The summed E-state index contributed by atoms with van der Waals surface area (Å²) in [6.07, 6.45) is 1.11. The molecule has 1 heterocycles. The van der Waals surface area contributed by atoms with Gasteiger partial charge in [-0.15, -0.1) is 0 Å². The zero-order chi connectivity index (χ0) is 10.4. The Morgan fingerprint density at radius 2 is 2.07 bits per heavy atom. The summed E-state index contributed by atoms with van der Waals surface area (Å²) >= 11 is 0. The van der Waals surface area contributed by atoms with Crippen LogP contribution >= 0.6 is 0 Å². The number of ether oxygens (including phenoxy) is 1. The van der Waals surface area contributed by atoms with Crippen molar-refractivity contribution in [1.29, 1.82) is 0 Å². The summed E-state index contributed by atoms with van der Waals surface area (Å²) in [4.78, 5) is 2.52. The predicted molar refractivity (Wildman–Crippen MR) is 51.6 cm³/mol. The van der Waals surface area contributed by atoms with Gasteiger partial charge in [-0.2, -0.15) is 0 Å². The van der Waals surface area contributed by atoms with Crippen molar-refractivity contribution in [3.05, 3.63) is 10.4 Å². The van der Waals surface area contributed by atoms with Crippen molar-refractivity contribution in [2.45, 2.75) is 18.1 Å². The molecule has 0 N–H and O–H groups in total. The van der Waals surface area contributed by atoms with Crippen molar-refractivity contribution >= 4 is 9.84 Å². The molecule has 0 bridgehead atoms. The molecule has 0 aromatic heterocycles. The Morgan fingerprint density at radius 3 is 2.64 bits per heavy atom. The highest BCUT2D eigenvalue weighted by atomic mass is 32.2. The van der Waals surface area contributed by atoms with E-state index in [1.54, 1.807) is 0 Å². The van der Waals surface area contributed by atoms with Gasteiger partial charge in [0, 0.05) is 24.7 Å². The fourth-order valence-corrected chi connectivity index (χ4v) is 2.99. The standard InChI is InChI=1S/C7H13N3O3S/c8-10-9-3-6-14(11,12)7-1-4-13-5-2-7/h7H,1-6H2. The molecule has 0 radical (unpaired) electrons. The molecular formula is C7H13N3O3S. The number of nitrogens with zero attached hydrogens (tertiary/aromatic N) is 3. The zero-order valence-corrected chi connectivity index (χ0v) is 8.61. The average molecular weight is 219 g/mol. The lowest BCUT2D eigenvalue weighted by atomic mass is 10.2.